The predicted molar refractivity (Wildman–Crippen MR) is 267 cm³/mol. The van der Waals surface area contributed by atoms with Gasteiger partial charge in [-0.1, -0.05) is 39.8 Å². The van der Waals surface area contributed by atoms with Gasteiger partial charge in [-0.15, -0.1) is 0 Å². The molecule has 1 aromatic carbocycles. The molecule has 1 aliphatic rings. The molecule has 67 heavy (non-hydrogen) atoms. The number of benzene rings is 1. The maximum absolute atomic E-state index is 12.5. The number of ether oxygens (including phenoxy) is 1. The second-order valence-corrected chi connectivity index (χ2v) is 14.7. The van der Waals surface area contributed by atoms with Crippen LogP contribution in [0.25, 0.3) is 0 Å². The van der Waals surface area contributed by atoms with Crippen molar-refractivity contribution >= 4 is 51.8 Å². The normalized spacial score (nSPS) is 14.0. The topological polar surface area (TPSA) is 238 Å². The van der Waals surface area contributed by atoms with Gasteiger partial charge < -0.3 is 30.6 Å². The molecule has 0 spiro atoms. The van der Waals surface area contributed by atoms with Gasteiger partial charge in [0.05, 0.1) is 48.1 Å². The fourth-order valence-corrected chi connectivity index (χ4v) is 5.97. The number of hydrogen-bond acceptors (Lipinski definition) is 15. The molecule has 5 atom stereocenters. The average Bonchev–Trinajstić information content (AvgIpc) is 3.45. The first-order valence-electron chi connectivity index (χ1n) is 22.3. The first-order chi connectivity index (χ1) is 31.6. The number of carbonyl (C=O) groups is 5. The van der Waals surface area contributed by atoms with E-state index >= 15 is 0 Å². The number of rotatable bonds is 12. The smallest absolute Gasteiger partial charge is 0.277 e. The van der Waals surface area contributed by atoms with Crippen molar-refractivity contribution in [2.24, 2.45) is 0 Å². The second-order valence-electron chi connectivity index (χ2n) is 14.7. The summed E-state index contributed by atoms with van der Waals surface area (Å²) in [6.07, 6.45) is 4.50. The van der Waals surface area contributed by atoms with E-state index < -0.39 is 30.2 Å². The quantitative estimate of drug-likeness (QED) is 0.136. The van der Waals surface area contributed by atoms with Crippen molar-refractivity contribution in [3.8, 4) is 5.75 Å². The Kier molecular flexibility index (Phi) is 26.7. The van der Waals surface area contributed by atoms with E-state index in [1.807, 2.05) is 39.8 Å². The monoisotopic (exact) mass is 935 g/mol. The molecular weight excluding hydrogens is 861 g/mol. The lowest BCUT2D eigenvalue weighted by atomic mass is 10.1. The van der Waals surface area contributed by atoms with E-state index in [1.165, 1.54) is 58.8 Å². The SMILES string of the molecule is CC.CC.CNC1COc2ccccc2N(C(C)C(C)=O)C1=O.CNc1c(C)ncn(C(C)C(C)=O)c1=O.CNc1cccn(C(C)C(C)=O)c1=O.CNc1cnc(C)n(C(C)C(C)=O)c1=O. The highest BCUT2D eigenvalue weighted by Crippen LogP contribution is 2.32. The number of amides is 1. The van der Waals surface area contributed by atoms with Gasteiger partial charge in [-0.3, -0.25) is 52.4 Å². The van der Waals surface area contributed by atoms with Crippen molar-refractivity contribution in [3.63, 3.8) is 0 Å². The molecule has 5 rings (SSSR count). The molecule has 0 aliphatic carbocycles. The minimum Gasteiger partial charge on any atom is -0.489 e. The number of aryl methyl sites for hydroxylation is 2. The molecule has 1 amide bonds. The van der Waals surface area contributed by atoms with Crippen LogP contribution < -0.4 is 47.6 Å². The van der Waals surface area contributed by atoms with Crippen LogP contribution in [-0.2, 0) is 24.0 Å². The fraction of sp³-hybridized carbons (Fsp3) is 0.500. The Morgan fingerprint density at radius 2 is 1.16 bits per heavy atom. The zero-order valence-corrected chi connectivity index (χ0v) is 42.6. The van der Waals surface area contributed by atoms with Crippen molar-refractivity contribution in [1.29, 1.82) is 0 Å². The summed E-state index contributed by atoms with van der Waals surface area (Å²) in [5, 5.41) is 11.2. The Bertz CT molecular complexity index is 2440. The number of pyridine rings is 1. The lowest BCUT2D eigenvalue weighted by Crippen LogP contribution is -2.51. The van der Waals surface area contributed by atoms with Crippen LogP contribution in [0.4, 0.5) is 22.7 Å². The van der Waals surface area contributed by atoms with E-state index in [0.29, 0.717) is 40.0 Å². The van der Waals surface area contributed by atoms with Gasteiger partial charge in [0, 0.05) is 27.3 Å². The Morgan fingerprint density at radius 1 is 0.642 bits per heavy atom. The molecule has 0 saturated heterocycles. The van der Waals surface area contributed by atoms with Crippen LogP contribution >= 0.6 is 0 Å². The zero-order valence-electron chi connectivity index (χ0n) is 42.6. The molecule has 0 radical (unpaired) electrons. The number of anilines is 4. The summed E-state index contributed by atoms with van der Waals surface area (Å²) in [5.41, 5.74) is 2.01. The third-order valence-electron chi connectivity index (χ3n) is 10.5. The number of aromatic nitrogens is 5. The largest absolute Gasteiger partial charge is 0.489 e. The van der Waals surface area contributed by atoms with Gasteiger partial charge in [-0.05, 0) is 101 Å². The summed E-state index contributed by atoms with van der Waals surface area (Å²) in [6, 6.07) is 8.39. The highest BCUT2D eigenvalue weighted by atomic mass is 16.5. The highest BCUT2D eigenvalue weighted by Gasteiger charge is 2.35. The summed E-state index contributed by atoms with van der Waals surface area (Å²) in [5.74, 6) is 0.818. The van der Waals surface area contributed by atoms with Crippen molar-refractivity contribution in [2.45, 2.75) is 127 Å². The van der Waals surface area contributed by atoms with Crippen molar-refractivity contribution in [2.75, 3.05) is 55.6 Å². The highest BCUT2D eigenvalue weighted by molar-refractivity contribution is 6.04. The number of nitrogens with one attached hydrogen (secondary N) is 4. The minimum atomic E-state index is -0.508. The van der Waals surface area contributed by atoms with Crippen LogP contribution in [-0.4, -0.2) is 99.6 Å². The third kappa shape index (κ3) is 16.3. The summed E-state index contributed by atoms with van der Waals surface area (Å²) >= 11 is 0. The van der Waals surface area contributed by atoms with E-state index in [-0.39, 0.29) is 52.3 Å². The average molecular weight is 935 g/mol. The van der Waals surface area contributed by atoms with Gasteiger partial charge >= 0.3 is 0 Å². The molecule has 370 valence electrons. The maximum Gasteiger partial charge on any atom is 0.277 e. The molecule has 4 N–H and O–H groups in total. The Morgan fingerprint density at radius 3 is 1.66 bits per heavy atom. The summed E-state index contributed by atoms with van der Waals surface area (Å²) < 4.78 is 9.80. The molecule has 1 aliphatic heterocycles. The van der Waals surface area contributed by atoms with Gasteiger partial charge in [0.15, 0.2) is 23.1 Å². The number of fused-ring (bicyclic) bond motifs is 1. The lowest BCUT2D eigenvalue weighted by Gasteiger charge is -2.28. The first-order valence-corrected chi connectivity index (χ1v) is 22.3. The molecule has 3 aromatic heterocycles. The van der Waals surface area contributed by atoms with Gasteiger partial charge in [0.1, 0.15) is 41.3 Å². The number of nitrogens with zero attached hydrogens (tertiary/aromatic N) is 6. The Hall–Kier alpha value is -6.76. The van der Waals surface area contributed by atoms with E-state index in [1.54, 1.807) is 100 Å². The summed E-state index contributed by atoms with van der Waals surface area (Å²) in [7, 11) is 6.70. The van der Waals surface area contributed by atoms with Crippen LogP contribution in [0.1, 0.15) is 113 Å². The lowest BCUT2D eigenvalue weighted by molar-refractivity contribution is -0.125. The molecule has 5 unspecified atom stereocenters. The number of likely N-dealkylation sites (N-methyl/N-ethyl adjacent to an activating group) is 1. The molecule has 0 bridgehead atoms. The van der Waals surface area contributed by atoms with Crippen molar-refractivity contribution in [3.05, 3.63) is 97.7 Å². The number of ketones is 4. The number of Topliss-reactive ketones (excluding diaryl/α,β-unsaturated/α-hetero) is 4. The first kappa shape index (κ1) is 60.2. The summed E-state index contributed by atoms with van der Waals surface area (Å²) in [4.78, 5) is 103. The molecule has 4 heterocycles. The second kappa shape index (κ2) is 29.7. The Balaban J connectivity index is 0.000000850. The van der Waals surface area contributed by atoms with Crippen LogP contribution in [0.5, 0.6) is 5.75 Å². The Labute approximate surface area is 394 Å². The van der Waals surface area contributed by atoms with Crippen molar-refractivity contribution < 1.29 is 28.7 Å². The van der Waals surface area contributed by atoms with Crippen LogP contribution in [0.3, 0.4) is 0 Å². The van der Waals surface area contributed by atoms with E-state index in [0.717, 1.165) is 0 Å². The molecular formula is C48H74N10O9. The van der Waals surface area contributed by atoms with E-state index in [4.69, 9.17) is 4.74 Å². The van der Waals surface area contributed by atoms with Crippen LogP contribution in [0.2, 0.25) is 0 Å². The predicted octanol–water partition coefficient (Wildman–Crippen LogP) is 5.56. The molecule has 19 nitrogen and oxygen atoms in total. The fourth-order valence-electron chi connectivity index (χ4n) is 5.97. The van der Waals surface area contributed by atoms with E-state index in [9.17, 15) is 38.4 Å². The molecule has 19 heteroatoms. The molecule has 0 saturated carbocycles. The number of para-hydroxylation sites is 2. The number of carbonyl (C=O) groups excluding carboxylic acids is 5. The number of hydrogen-bond donors (Lipinski definition) is 4. The standard InChI is InChI=1S/C14H18N2O3.2C10H15N3O2.C10H14N2O2.2C2H6/c1-9(10(2)17)16-12-6-4-5-7-13(12)19-8-11(15-3)14(16)18;1-6-9(11-4)10(15)13(5-12-6)7(2)8(3)14;1-6(7(2)14)13-8(3)12-5-9(11-4)10(13)15;1-7(8(2)13)12-6-4-5-9(11-3)10(12)14;2*1-2/h4-7,9,11,15H,8H2,1-3H3;5,7,11H,1-4H3;5-6,11H,1-4H3;4-7,11H,1-3H3;2*1-2H3. The van der Waals surface area contributed by atoms with Gasteiger partial charge in [0.25, 0.3) is 16.7 Å². The third-order valence-corrected chi connectivity index (χ3v) is 10.5. The van der Waals surface area contributed by atoms with Crippen LogP contribution in [0.15, 0.2) is 69.5 Å². The van der Waals surface area contributed by atoms with Crippen LogP contribution in [0, 0.1) is 13.8 Å². The maximum atomic E-state index is 12.5. The molecule has 0 fully saturated rings. The van der Waals surface area contributed by atoms with E-state index in [2.05, 4.69) is 31.2 Å². The van der Waals surface area contributed by atoms with Gasteiger partial charge in [-0.2, -0.15) is 0 Å². The summed E-state index contributed by atoms with van der Waals surface area (Å²) in [6.45, 7) is 24.4. The molecule has 4 aromatic rings. The van der Waals surface area contributed by atoms with Gasteiger partial charge in [-0.25, -0.2) is 9.97 Å². The minimum absolute atomic E-state index is 0.0275. The van der Waals surface area contributed by atoms with Gasteiger partial charge in [0.2, 0.25) is 5.91 Å². The zero-order chi connectivity index (χ0) is 51.9. The van der Waals surface area contributed by atoms with Crippen molar-refractivity contribution in [1.82, 2.24) is 29.0 Å².